The minimum atomic E-state index is -1.25. The Labute approximate surface area is 121 Å². The normalized spacial score (nSPS) is 15.0. The maximum absolute atomic E-state index is 12.1. The van der Waals surface area contributed by atoms with Crippen LogP contribution in [0.5, 0.6) is 0 Å². The fourth-order valence-electron chi connectivity index (χ4n) is 1.86. The number of carbonyl (C=O) groups is 4. The molecule has 2 unspecified atom stereocenters. The fraction of sp³-hybridized carbons (Fsp3) is 0.667. The molecule has 0 heterocycles. The second-order valence-electron chi connectivity index (χ2n) is 4.65. The van der Waals surface area contributed by atoms with Gasteiger partial charge in [0.2, 0.25) is 0 Å². The Morgan fingerprint density at radius 1 is 1.10 bits per heavy atom. The van der Waals surface area contributed by atoms with E-state index in [4.69, 9.17) is 21.1 Å². The Hall–Kier alpha value is -2.00. The average molecular weight is 304 g/mol. The molecule has 0 aliphatic rings. The molecule has 0 radical (unpaired) electrons. The molecule has 0 fully saturated rings. The van der Waals surface area contributed by atoms with E-state index in [2.05, 4.69) is 5.32 Å². The molecule has 9 nitrogen and oxygen atoms in total. The molecule has 6 N–H and O–H groups in total. The van der Waals surface area contributed by atoms with Gasteiger partial charge in [0.15, 0.2) is 5.78 Å². The zero-order valence-corrected chi connectivity index (χ0v) is 11.6. The van der Waals surface area contributed by atoms with Crippen LogP contribution in [0.2, 0.25) is 0 Å². The number of hydrogen-bond donors (Lipinski definition) is 5. The van der Waals surface area contributed by atoms with Crippen molar-refractivity contribution in [1.82, 2.24) is 5.32 Å². The number of carbonyl (C=O) groups excluding carboxylic acids is 1. The third-order valence-corrected chi connectivity index (χ3v) is 3.02. The van der Waals surface area contributed by atoms with E-state index in [1.54, 1.807) is 0 Å². The third-order valence-electron chi connectivity index (χ3n) is 3.02. The van der Waals surface area contributed by atoms with Crippen molar-refractivity contribution in [3.63, 3.8) is 0 Å². The standard InChI is InChI=1S/C12H20N2O7/c1-14-8(12(20)21)4-6(5-10(17)18)11(19)7(13)2-3-9(15)16/h6-8,14H,2-5,13H2,1H3,(H,15,16)(H,17,18)(H,20,21)/t6?,7-,8?/m0/s1. The molecule has 9 heteroatoms. The summed E-state index contributed by atoms with van der Waals surface area (Å²) in [6.45, 7) is 0. The molecule has 0 saturated carbocycles. The average Bonchev–Trinajstić information content (AvgIpc) is 2.38. The second-order valence-corrected chi connectivity index (χ2v) is 4.65. The van der Waals surface area contributed by atoms with Crippen LogP contribution in [0.3, 0.4) is 0 Å². The summed E-state index contributed by atoms with van der Waals surface area (Å²) in [5.74, 6) is -5.30. The number of nitrogens with one attached hydrogen (secondary N) is 1. The van der Waals surface area contributed by atoms with Gasteiger partial charge in [0.25, 0.3) is 0 Å². The number of rotatable bonds is 11. The Balaban J connectivity index is 4.87. The van der Waals surface area contributed by atoms with Gasteiger partial charge in [-0.2, -0.15) is 0 Å². The maximum Gasteiger partial charge on any atom is 0.320 e. The summed E-state index contributed by atoms with van der Waals surface area (Å²) in [5.41, 5.74) is 5.56. The SMILES string of the molecule is CNC(CC(CC(=O)O)C(=O)[C@@H](N)CCC(=O)O)C(=O)O. The van der Waals surface area contributed by atoms with Gasteiger partial charge >= 0.3 is 17.9 Å². The topological polar surface area (TPSA) is 167 Å². The smallest absolute Gasteiger partial charge is 0.320 e. The van der Waals surface area contributed by atoms with Gasteiger partial charge in [0.05, 0.1) is 12.5 Å². The number of nitrogens with two attached hydrogens (primary N) is 1. The summed E-state index contributed by atoms with van der Waals surface area (Å²) in [4.78, 5) is 44.2. The lowest BCUT2D eigenvalue weighted by molar-refractivity contribution is -0.144. The van der Waals surface area contributed by atoms with Gasteiger partial charge in [0.1, 0.15) is 6.04 Å². The molecule has 0 spiro atoms. The number of carboxylic acids is 3. The first-order valence-electron chi connectivity index (χ1n) is 6.32. The van der Waals surface area contributed by atoms with Crippen molar-refractivity contribution in [2.45, 2.75) is 37.8 Å². The van der Waals surface area contributed by atoms with Crippen LogP contribution >= 0.6 is 0 Å². The molecule has 0 amide bonds. The molecule has 0 aromatic rings. The van der Waals surface area contributed by atoms with Crippen LogP contribution in [0, 0.1) is 5.92 Å². The first kappa shape index (κ1) is 19.0. The van der Waals surface area contributed by atoms with Crippen LogP contribution in [-0.2, 0) is 19.2 Å². The number of carboxylic acid groups (broad SMARTS) is 3. The molecule has 120 valence electrons. The molecule has 0 bridgehead atoms. The van der Waals surface area contributed by atoms with Gasteiger partial charge in [0, 0.05) is 12.3 Å². The Kier molecular flexibility index (Phi) is 8.17. The van der Waals surface area contributed by atoms with Gasteiger partial charge in [-0.25, -0.2) is 0 Å². The van der Waals surface area contributed by atoms with Gasteiger partial charge < -0.3 is 26.4 Å². The minimum absolute atomic E-state index is 0.123. The highest BCUT2D eigenvalue weighted by Crippen LogP contribution is 2.16. The summed E-state index contributed by atoms with van der Waals surface area (Å²) in [6.07, 6.45) is -1.22. The van der Waals surface area contributed by atoms with Crippen molar-refractivity contribution in [1.29, 1.82) is 0 Å². The lowest BCUT2D eigenvalue weighted by Crippen LogP contribution is -2.42. The predicted molar refractivity (Wildman–Crippen MR) is 70.7 cm³/mol. The largest absolute Gasteiger partial charge is 0.481 e. The summed E-state index contributed by atoms with van der Waals surface area (Å²) >= 11 is 0. The fourth-order valence-corrected chi connectivity index (χ4v) is 1.86. The van der Waals surface area contributed by atoms with E-state index in [0.717, 1.165) is 0 Å². The molecular formula is C12H20N2O7. The Morgan fingerprint density at radius 2 is 1.67 bits per heavy atom. The van der Waals surface area contributed by atoms with Crippen LogP contribution in [0.25, 0.3) is 0 Å². The van der Waals surface area contributed by atoms with Crippen molar-refractivity contribution in [3.8, 4) is 0 Å². The van der Waals surface area contributed by atoms with Crippen LogP contribution < -0.4 is 11.1 Å². The van der Waals surface area contributed by atoms with Gasteiger partial charge in [-0.05, 0) is 19.9 Å². The Morgan fingerprint density at radius 3 is 2.05 bits per heavy atom. The number of aliphatic carboxylic acids is 3. The highest BCUT2D eigenvalue weighted by Gasteiger charge is 2.31. The lowest BCUT2D eigenvalue weighted by atomic mass is 9.87. The predicted octanol–water partition coefficient (Wildman–Crippen LogP) is -1.10. The first-order valence-corrected chi connectivity index (χ1v) is 6.32. The van der Waals surface area contributed by atoms with Crippen LogP contribution in [0.15, 0.2) is 0 Å². The van der Waals surface area contributed by atoms with Crippen molar-refractivity contribution in [3.05, 3.63) is 0 Å². The van der Waals surface area contributed by atoms with E-state index in [1.165, 1.54) is 7.05 Å². The van der Waals surface area contributed by atoms with Gasteiger partial charge in [-0.1, -0.05) is 0 Å². The Bertz CT molecular complexity index is 410. The lowest BCUT2D eigenvalue weighted by Gasteiger charge is -2.21. The summed E-state index contributed by atoms with van der Waals surface area (Å²) in [5, 5.41) is 28.7. The molecule has 21 heavy (non-hydrogen) atoms. The number of Topliss-reactive ketones (excluding diaryl/α,β-unsaturated/α-hetero) is 1. The van der Waals surface area contributed by atoms with Gasteiger partial charge in [-0.3, -0.25) is 19.2 Å². The molecule has 0 aromatic heterocycles. The third kappa shape index (κ3) is 7.37. The van der Waals surface area contributed by atoms with E-state index >= 15 is 0 Å². The van der Waals surface area contributed by atoms with E-state index < -0.39 is 48.1 Å². The zero-order valence-electron chi connectivity index (χ0n) is 11.6. The molecule has 0 aliphatic carbocycles. The van der Waals surface area contributed by atoms with Crippen LogP contribution in [0.1, 0.15) is 25.7 Å². The molecule has 0 saturated heterocycles. The van der Waals surface area contributed by atoms with E-state index in [9.17, 15) is 19.2 Å². The molecule has 0 aliphatic heterocycles. The number of ketones is 1. The maximum atomic E-state index is 12.1. The van der Waals surface area contributed by atoms with Crippen LogP contribution in [-0.4, -0.2) is 58.1 Å². The molecule has 0 rings (SSSR count). The molecule has 0 aromatic carbocycles. The minimum Gasteiger partial charge on any atom is -0.481 e. The van der Waals surface area contributed by atoms with Crippen molar-refractivity contribution in [2.24, 2.45) is 11.7 Å². The number of likely N-dealkylation sites (N-methyl/N-ethyl adjacent to an activating group) is 1. The van der Waals surface area contributed by atoms with E-state index in [-0.39, 0.29) is 19.3 Å². The summed E-state index contributed by atoms with van der Waals surface area (Å²) < 4.78 is 0. The highest BCUT2D eigenvalue weighted by molar-refractivity contribution is 5.90. The zero-order chi connectivity index (χ0) is 16.6. The van der Waals surface area contributed by atoms with Crippen molar-refractivity contribution in [2.75, 3.05) is 7.05 Å². The highest BCUT2D eigenvalue weighted by atomic mass is 16.4. The van der Waals surface area contributed by atoms with E-state index in [1.807, 2.05) is 0 Å². The van der Waals surface area contributed by atoms with Crippen LogP contribution in [0.4, 0.5) is 0 Å². The summed E-state index contributed by atoms with van der Waals surface area (Å²) in [6, 6.07) is -2.21. The molecule has 3 atom stereocenters. The van der Waals surface area contributed by atoms with Gasteiger partial charge in [-0.15, -0.1) is 0 Å². The number of hydrogen-bond acceptors (Lipinski definition) is 6. The molecular weight excluding hydrogens is 284 g/mol. The first-order chi connectivity index (χ1) is 9.68. The summed E-state index contributed by atoms with van der Waals surface area (Å²) in [7, 11) is 1.38. The van der Waals surface area contributed by atoms with Crippen molar-refractivity contribution < 1.29 is 34.5 Å². The monoisotopic (exact) mass is 304 g/mol. The quantitative estimate of drug-likeness (QED) is 0.318. The van der Waals surface area contributed by atoms with Crippen molar-refractivity contribution >= 4 is 23.7 Å². The second kappa shape index (κ2) is 9.03. The van der Waals surface area contributed by atoms with E-state index in [0.29, 0.717) is 0 Å².